The van der Waals surface area contributed by atoms with Crippen LogP contribution in [0, 0.1) is 0 Å². The van der Waals surface area contributed by atoms with Crippen LogP contribution in [-0.2, 0) is 0 Å². The Balaban J connectivity index is 0.000000158. The molecule has 0 radical (unpaired) electrons. The van der Waals surface area contributed by atoms with Crippen molar-refractivity contribution in [2.45, 2.75) is 0 Å². The first kappa shape index (κ1) is 62.0. The zero-order chi connectivity index (χ0) is 70.0. The third-order valence-corrected chi connectivity index (χ3v) is 22.1. The van der Waals surface area contributed by atoms with Crippen LogP contribution in [0.15, 0.2) is 413 Å². The lowest BCUT2D eigenvalue weighted by Crippen LogP contribution is -1.94. The van der Waals surface area contributed by atoms with Crippen LogP contribution >= 0.6 is 0 Å². The molecule has 0 aromatic heterocycles. The summed E-state index contributed by atoms with van der Waals surface area (Å²) in [4.78, 5) is 0. The number of rotatable bonds is 9. The Morgan fingerprint density at radius 2 is 0.358 bits per heavy atom. The third-order valence-electron chi connectivity index (χ3n) is 22.1. The van der Waals surface area contributed by atoms with Gasteiger partial charge in [0.1, 0.15) is 0 Å². The van der Waals surface area contributed by atoms with Crippen LogP contribution in [-0.4, -0.2) is 0 Å². The first-order valence-electron chi connectivity index (χ1n) is 36.8. The fourth-order valence-corrected chi connectivity index (χ4v) is 17.3. The van der Waals surface area contributed by atoms with Crippen LogP contribution in [0.1, 0.15) is 0 Å². The topological polar surface area (TPSA) is 0 Å². The molecule has 0 amide bonds. The second kappa shape index (κ2) is 26.2. The number of hydrogen-bond acceptors (Lipinski definition) is 0. The highest BCUT2D eigenvalue weighted by Gasteiger charge is 2.24. The summed E-state index contributed by atoms with van der Waals surface area (Å²) in [6.07, 6.45) is 0. The van der Waals surface area contributed by atoms with Crippen molar-refractivity contribution < 1.29 is 0 Å². The molecule has 0 heterocycles. The maximum absolute atomic E-state index is 2.49. The standard InChI is InChI=1S/C66H42.C40H26/c1-3-17-43(18-4-1)45-31-35-47(36-32-45)63-54-25-11-12-26-55(54)64(48-37-33-46(34-38-48)44-19-5-2-6-20-44)62-42-50(39-40-60(62)63)65-56-27-13-15-29-58(56)66(59-30-16-14-28-57(59)65)61-41-49-21-7-8-22-51(49)52-23-9-10-24-53(52)61;1-2-14-29(15-3-1)39-35-20-8-9-21-36(35)40(34-23-11-17-28-13-5-7-19-32(28)34)37-25-24-30(26-38(37)39)33-22-10-16-27-12-4-6-18-31(27)33/h1-42H;1-26H. The van der Waals surface area contributed by atoms with Crippen molar-refractivity contribution in [1.82, 2.24) is 0 Å². The van der Waals surface area contributed by atoms with Crippen molar-refractivity contribution in [3.8, 4) is 100 Å². The maximum Gasteiger partial charge on any atom is -0.00199 e. The van der Waals surface area contributed by atoms with Crippen molar-refractivity contribution in [1.29, 1.82) is 0 Å². The molecule has 0 fully saturated rings. The van der Waals surface area contributed by atoms with Crippen molar-refractivity contribution in [2.75, 3.05) is 0 Å². The zero-order valence-electron chi connectivity index (χ0n) is 58.3. The van der Waals surface area contributed by atoms with E-state index >= 15 is 0 Å². The van der Waals surface area contributed by atoms with E-state index in [1.165, 1.54) is 208 Å². The van der Waals surface area contributed by atoms with Gasteiger partial charge in [-0.3, -0.25) is 0 Å². The lowest BCUT2D eigenvalue weighted by Gasteiger charge is -2.21. The molecule has 106 heavy (non-hydrogen) atoms. The predicted octanol–water partition coefficient (Wildman–Crippen LogP) is 29.9. The van der Waals surface area contributed by atoms with Crippen LogP contribution in [0.4, 0.5) is 0 Å². The minimum absolute atomic E-state index is 1.20. The summed E-state index contributed by atoms with van der Waals surface area (Å²) < 4.78 is 0. The van der Waals surface area contributed by atoms with Crippen LogP contribution in [0.5, 0.6) is 0 Å². The molecule has 0 saturated carbocycles. The van der Waals surface area contributed by atoms with Gasteiger partial charge in [0, 0.05) is 0 Å². The van der Waals surface area contributed by atoms with E-state index in [1.807, 2.05) is 0 Å². The Kier molecular flexibility index (Phi) is 15.4. The highest BCUT2D eigenvalue weighted by Crippen LogP contribution is 2.52. The van der Waals surface area contributed by atoms with E-state index in [9.17, 15) is 0 Å². The van der Waals surface area contributed by atoms with E-state index < -0.39 is 0 Å². The molecule has 0 N–H and O–H groups in total. The monoisotopic (exact) mass is 1340 g/mol. The molecule has 0 unspecified atom stereocenters. The average molecular weight is 1340 g/mol. The normalized spacial score (nSPS) is 11.6. The van der Waals surface area contributed by atoms with E-state index in [2.05, 4.69) is 413 Å². The fourth-order valence-electron chi connectivity index (χ4n) is 17.3. The van der Waals surface area contributed by atoms with Crippen molar-refractivity contribution in [2.24, 2.45) is 0 Å². The molecular weight excluding hydrogens is 1270 g/mol. The molecule has 0 aliphatic heterocycles. The number of fused-ring (bicyclic) bond motifs is 11. The summed E-state index contributed by atoms with van der Waals surface area (Å²) in [6, 6.07) is 152. The molecule has 0 spiro atoms. The van der Waals surface area contributed by atoms with Gasteiger partial charge in [0.2, 0.25) is 0 Å². The summed E-state index contributed by atoms with van der Waals surface area (Å²) in [5, 5.41) is 25.2. The van der Waals surface area contributed by atoms with E-state index in [1.54, 1.807) is 0 Å². The Hall–Kier alpha value is -13.8. The molecule has 0 atom stereocenters. The summed E-state index contributed by atoms with van der Waals surface area (Å²) >= 11 is 0. The second-order valence-corrected chi connectivity index (χ2v) is 28.0. The molecule has 0 bridgehead atoms. The molecule has 0 nitrogen and oxygen atoms in total. The minimum Gasteiger partial charge on any atom is -0.0622 e. The van der Waals surface area contributed by atoms with Gasteiger partial charge in [0.15, 0.2) is 0 Å². The summed E-state index contributed by atoms with van der Waals surface area (Å²) in [7, 11) is 0. The van der Waals surface area contributed by atoms with Gasteiger partial charge in [0.05, 0.1) is 0 Å². The van der Waals surface area contributed by atoms with Crippen molar-refractivity contribution in [3.63, 3.8) is 0 Å². The van der Waals surface area contributed by atoms with Crippen molar-refractivity contribution >= 4 is 108 Å². The van der Waals surface area contributed by atoms with E-state index in [0.29, 0.717) is 0 Å². The average Bonchev–Trinajstić information content (AvgIpc) is 0.720. The van der Waals surface area contributed by atoms with E-state index in [0.717, 1.165) is 0 Å². The van der Waals surface area contributed by atoms with Gasteiger partial charge < -0.3 is 0 Å². The molecule has 21 aromatic carbocycles. The molecule has 0 aliphatic rings. The predicted molar refractivity (Wildman–Crippen MR) is 457 cm³/mol. The van der Waals surface area contributed by atoms with Crippen molar-refractivity contribution in [3.05, 3.63) is 413 Å². The largest absolute Gasteiger partial charge is 0.0622 e. The zero-order valence-corrected chi connectivity index (χ0v) is 58.3. The van der Waals surface area contributed by atoms with Gasteiger partial charge in [-0.15, -0.1) is 0 Å². The Bertz CT molecular complexity index is 6940. The highest BCUT2D eigenvalue weighted by atomic mass is 14.3. The van der Waals surface area contributed by atoms with Gasteiger partial charge >= 0.3 is 0 Å². The van der Waals surface area contributed by atoms with E-state index in [4.69, 9.17) is 0 Å². The van der Waals surface area contributed by atoms with Crippen LogP contribution < -0.4 is 0 Å². The lowest BCUT2D eigenvalue weighted by molar-refractivity contribution is 1.60. The second-order valence-electron chi connectivity index (χ2n) is 28.0. The molecular formula is C106H68. The summed E-state index contributed by atoms with van der Waals surface area (Å²) in [6.45, 7) is 0. The van der Waals surface area contributed by atoms with Gasteiger partial charge in [-0.25, -0.2) is 0 Å². The van der Waals surface area contributed by atoms with E-state index in [-0.39, 0.29) is 0 Å². The Labute approximate surface area is 616 Å². The lowest BCUT2D eigenvalue weighted by atomic mass is 9.82. The van der Waals surface area contributed by atoms with Crippen LogP contribution in [0.2, 0.25) is 0 Å². The number of benzene rings is 21. The van der Waals surface area contributed by atoms with Gasteiger partial charge in [-0.1, -0.05) is 394 Å². The van der Waals surface area contributed by atoms with Crippen LogP contribution in [0.25, 0.3) is 208 Å². The molecule has 21 aromatic rings. The Morgan fingerprint density at radius 1 is 0.0943 bits per heavy atom. The first-order chi connectivity index (χ1) is 52.6. The van der Waals surface area contributed by atoms with Gasteiger partial charge in [-0.2, -0.15) is 0 Å². The minimum atomic E-state index is 1.20. The third kappa shape index (κ3) is 10.6. The molecule has 0 aliphatic carbocycles. The fraction of sp³-hybridized carbons (Fsp3) is 0. The highest BCUT2D eigenvalue weighted by molar-refractivity contribution is 6.29. The van der Waals surface area contributed by atoms with Gasteiger partial charge in [-0.05, 0) is 226 Å². The Morgan fingerprint density at radius 3 is 0.840 bits per heavy atom. The quantitative estimate of drug-likeness (QED) is 0.0998. The SMILES string of the molecule is c1ccc(-c2c3ccccc3c(-c3cccc4ccccc34)c3ccc(-c4cccc5ccccc45)cc23)cc1.c1ccc(-c2ccc(-c3c4ccccc4c(-c4ccc(-c5ccccc5)cc4)c4cc(-c5c6ccccc6c(-c6cc7ccccc7c7ccccc67)c6ccccc56)ccc34)cc2)cc1. The summed E-state index contributed by atoms with van der Waals surface area (Å²) in [5.74, 6) is 0. The smallest absolute Gasteiger partial charge is 0.00199 e. The summed E-state index contributed by atoms with van der Waals surface area (Å²) in [5.41, 5.74) is 22.4. The van der Waals surface area contributed by atoms with Gasteiger partial charge in [0.25, 0.3) is 0 Å². The van der Waals surface area contributed by atoms with Crippen LogP contribution in [0.3, 0.4) is 0 Å². The number of hydrogen-bond donors (Lipinski definition) is 0. The first-order valence-corrected chi connectivity index (χ1v) is 36.8. The molecule has 21 rings (SSSR count). The molecule has 0 heteroatoms. The molecule has 492 valence electrons. The molecule has 0 saturated heterocycles. The maximum atomic E-state index is 2.49.